The van der Waals surface area contributed by atoms with Crippen LogP contribution in [0.1, 0.15) is 26.7 Å². The van der Waals surface area contributed by atoms with Crippen molar-refractivity contribution in [3.63, 3.8) is 0 Å². The third kappa shape index (κ3) is 6.69. The average molecular weight is 600 g/mol. The molecule has 3 N–H and O–H groups in total. The first-order valence-electron chi connectivity index (χ1n) is 14.0. The van der Waals surface area contributed by atoms with Crippen LogP contribution >= 0.6 is 11.6 Å². The summed E-state index contributed by atoms with van der Waals surface area (Å²) in [5.41, 5.74) is 2.23. The molecule has 41 heavy (non-hydrogen) atoms. The molecule has 2 aromatic carbocycles. The van der Waals surface area contributed by atoms with E-state index in [9.17, 15) is 8.42 Å². The number of hydrogen-bond acceptors (Lipinski definition) is 10. The van der Waals surface area contributed by atoms with Gasteiger partial charge in [0.1, 0.15) is 10.8 Å². The van der Waals surface area contributed by atoms with Crippen molar-refractivity contribution in [1.29, 1.82) is 0 Å². The molecular weight excluding hydrogens is 562 g/mol. The van der Waals surface area contributed by atoms with Gasteiger partial charge in [0.05, 0.1) is 34.8 Å². The van der Waals surface area contributed by atoms with E-state index in [1.54, 1.807) is 45.2 Å². The predicted octanol–water partition coefficient (Wildman–Crippen LogP) is 4.68. The lowest BCUT2D eigenvalue weighted by Crippen LogP contribution is -2.52. The van der Waals surface area contributed by atoms with Crippen LogP contribution in [-0.2, 0) is 9.84 Å². The first-order chi connectivity index (χ1) is 19.8. The maximum Gasteiger partial charge on any atom is 0.229 e. The van der Waals surface area contributed by atoms with Crippen molar-refractivity contribution >= 4 is 50.3 Å². The van der Waals surface area contributed by atoms with Crippen LogP contribution in [0, 0.1) is 0 Å². The van der Waals surface area contributed by atoms with Crippen molar-refractivity contribution in [2.75, 3.05) is 61.9 Å². The van der Waals surface area contributed by atoms with Crippen LogP contribution in [0.2, 0.25) is 5.02 Å². The molecule has 2 aliphatic heterocycles. The summed E-state index contributed by atoms with van der Waals surface area (Å²) in [4.78, 5) is 14.1. The second-order valence-electron chi connectivity index (χ2n) is 10.6. The first-order valence-corrected chi connectivity index (χ1v) is 16.0. The highest BCUT2D eigenvalue weighted by atomic mass is 35.5. The molecule has 1 aromatic heterocycles. The van der Waals surface area contributed by atoms with Gasteiger partial charge in [0.25, 0.3) is 0 Å². The summed E-state index contributed by atoms with van der Waals surface area (Å²) >= 11 is 6.40. The Kier molecular flexibility index (Phi) is 9.18. The number of halogens is 1. The Bertz CT molecular complexity index is 1460. The Labute approximate surface area is 247 Å². The number of nitrogens with zero attached hydrogens (tertiary/aromatic N) is 4. The molecule has 0 aliphatic carbocycles. The largest absolute Gasteiger partial charge is 0.494 e. The molecule has 0 spiro atoms. The quantitative estimate of drug-likeness (QED) is 0.320. The second-order valence-corrected chi connectivity index (χ2v) is 13.5. The van der Waals surface area contributed by atoms with E-state index in [-0.39, 0.29) is 9.92 Å². The van der Waals surface area contributed by atoms with E-state index in [0.29, 0.717) is 34.9 Å². The zero-order valence-corrected chi connectivity index (χ0v) is 25.3. The number of aromatic nitrogens is 2. The predicted molar refractivity (Wildman–Crippen MR) is 165 cm³/mol. The summed E-state index contributed by atoms with van der Waals surface area (Å²) in [6.07, 6.45) is 3.78. The summed E-state index contributed by atoms with van der Waals surface area (Å²) in [5, 5.41) is 9.44. The van der Waals surface area contributed by atoms with Crippen molar-refractivity contribution in [2.45, 2.75) is 42.9 Å². The average Bonchev–Trinajstić information content (AvgIpc) is 2.99. The molecule has 220 valence electrons. The zero-order valence-electron chi connectivity index (χ0n) is 23.7. The molecule has 12 heteroatoms. The number of benzene rings is 2. The lowest BCUT2D eigenvalue weighted by atomic mass is 10.0. The second kappa shape index (κ2) is 12.8. The number of ether oxygens (including phenoxy) is 1. The van der Waals surface area contributed by atoms with E-state index in [4.69, 9.17) is 16.3 Å². The highest BCUT2D eigenvalue weighted by Gasteiger charge is 2.26. The van der Waals surface area contributed by atoms with Gasteiger partial charge in [0.2, 0.25) is 5.95 Å². The zero-order chi connectivity index (χ0) is 29.0. The highest BCUT2D eigenvalue weighted by Crippen LogP contribution is 2.34. The minimum atomic E-state index is -3.52. The Morgan fingerprint density at radius 2 is 1.76 bits per heavy atom. The smallest absolute Gasteiger partial charge is 0.229 e. The molecule has 3 heterocycles. The number of methoxy groups -OCH3 is 1. The molecule has 0 unspecified atom stereocenters. The van der Waals surface area contributed by atoms with Crippen molar-refractivity contribution in [1.82, 2.24) is 20.2 Å². The molecule has 5 rings (SSSR count). The molecule has 0 radical (unpaired) electrons. The molecule has 2 fully saturated rings. The van der Waals surface area contributed by atoms with Gasteiger partial charge < -0.3 is 25.6 Å². The number of piperazine rings is 1. The van der Waals surface area contributed by atoms with Crippen molar-refractivity contribution in [2.24, 2.45) is 0 Å². The lowest BCUT2D eigenvalue weighted by Gasteiger charge is -2.41. The van der Waals surface area contributed by atoms with E-state index in [0.717, 1.165) is 57.8 Å². The van der Waals surface area contributed by atoms with Crippen molar-refractivity contribution in [3.8, 4) is 5.75 Å². The fourth-order valence-electron chi connectivity index (χ4n) is 5.35. The summed E-state index contributed by atoms with van der Waals surface area (Å²) in [6, 6.07) is 13.5. The first kappa shape index (κ1) is 29.4. The van der Waals surface area contributed by atoms with Gasteiger partial charge >= 0.3 is 0 Å². The van der Waals surface area contributed by atoms with Gasteiger partial charge in [-0.3, -0.25) is 4.90 Å². The third-order valence-corrected chi connectivity index (χ3v) is 10.2. The Morgan fingerprint density at radius 3 is 2.46 bits per heavy atom. The van der Waals surface area contributed by atoms with Crippen LogP contribution in [-0.4, -0.2) is 81.0 Å². The maximum absolute atomic E-state index is 12.9. The van der Waals surface area contributed by atoms with Crippen molar-refractivity contribution < 1.29 is 13.2 Å². The summed E-state index contributed by atoms with van der Waals surface area (Å²) in [7, 11) is -1.88. The highest BCUT2D eigenvalue weighted by molar-refractivity contribution is 7.92. The SMILES string of the molecule is COc1cc(N2CCC(N3CCNCC3)CC2)ccc1Nc1ncc(Cl)c(Nc2ccccc2S(=O)(=O)C(C)C)n1. The molecular formula is C29H38ClN7O3S. The van der Waals surface area contributed by atoms with E-state index < -0.39 is 15.1 Å². The van der Waals surface area contributed by atoms with Gasteiger partial charge in [0, 0.05) is 57.1 Å². The van der Waals surface area contributed by atoms with Gasteiger partial charge in [0.15, 0.2) is 15.7 Å². The standard InChI is InChI=1S/C29H38ClN7O3S/c1-20(2)41(38,39)27-7-5-4-6-25(27)33-28-23(30)19-32-29(35-28)34-24-9-8-22(18-26(24)40-3)36-14-10-21(11-15-36)37-16-12-31-13-17-37/h4-9,18-21,31H,10-17H2,1-3H3,(H2,32,33,34,35). The number of sulfone groups is 1. The van der Waals surface area contributed by atoms with Crippen LogP contribution in [0.5, 0.6) is 5.75 Å². The number of rotatable bonds is 9. The molecule has 0 amide bonds. The van der Waals surface area contributed by atoms with Crippen LogP contribution in [0.15, 0.2) is 53.6 Å². The molecule has 3 aromatic rings. The van der Waals surface area contributed by atoms with Crippen LogP contribution in [0.4, 0.5) is 28.8 Å². The van der Waals surface area contributed by atoms with Crippen molar-refractivity contribution in [3.05, 3.63) is 53.7 Å². The number of hydrogen-bond donors (Lipinski definition) is 3. The van der Waals surface area contributed by atoms with Gasteiger partial charge in [-0.15, -0.1) is 0 Å². The van der Waals surface area contributed by atoms with Gasteiger partial charge in [-0.25, -0.2) is 13.4 Å². The molecule has 0 atom stereocenters. The summed E-state index contributed by atoms with van der Waals surface area (Å²) in [6.45, 7) is 9.74. The Balaban J connectivity index is 1.30. The van der Waals surface area contributed by atoms with Gasteiger partial charge in [-0.2, -0.15) is 4.98 Å². The van der Waals surface area contributed by atoms with Crippen LogP contribution in [0.3, 0.4) is 0 Å². The fourth-order valence-corrected chi connectivity index (χ4v) is 6.69. The fraction of sp³-hybridized carbons (Fsp3) is 0.448. The third-order valence-electron chi connectivity index (χ3n) is 7.74. The molecule has 0 bridgehead atoms. The Hall–Kier alpha value is -3.12. The lowest BCUT2D eigenvalue weighted by molar-refractivity contribution is 0.150. The molecule has 2 aliphatic rings. The number of nitrogens with one attached hydrogen (secondary N) is 3. The van der Waals surface area contributed by atoms with Gasteiger partial charge in [-0.05, 0) is 51.0 Å². The summed E-state index contributed by atoms with van der Waals surface area (Å²) < 4.78 is 31.5. The number of para-hydroxylation sites is 1. The Morgan fingerprint density at radius 1 is 1.02 bits per heavy atom. The van der Waals surface area contributed by atoms with E-state index in [1.807, 2.05) is 12.1 Å². The van der Waals surface area contributed by atoms with E-state index >= 15 is 0 Å². The maximum atomic E-state index is 12.9. The normalized spacial score (nSPS) is 17.0. The van der Waals surface area contributed by atoms with E-state index in [1.165, 1.54) is 6.20 Å². The van der Waals surface area contributed by atoms with Crippen LogP contribution < -0.4 is 25.6 Å². The topological polar surface area (TPSA) is 112 Å². The molecule has 10 nitrogen and oxygen atoms in total. The molecule has 2 saturated heterocycles. The number of anilines is 5. The minimum Gasteiger partial charge on any atom is -0.494 e. The van der Waals surface area contributed by atoms with E-state index in [2.05, 4.69) is 41.8 Å². The monoisotopic (exact) mass is 599 g/mol. The minimum absolute atomic E-state index is 0.188. The molecule has 0 saturated carbocycles. The number of piperidine rings is 1. The van der Waals surface area contributed by atoms with Gasteiger partial charge in [-0.1, -0.05) is 23.7 Å². The van der Waals surface area contributed by atoms with Crippen LogP contribution in [0.25, 0.3) is 0 Å². The summed E-state index contributed by atoms with van der Waals surface area (Å²) in [5.74, 6) is 1.26.